The highest BCUT2D eigenvalue weighted by Gasteiger charge is 2.35. The van der Waals surface area contributed by atoms with Crippen LogP contribution in [0.2, 0.25) is 5.02 Å². The Bertz CT molecular complexity index is 1050. The maximum Gasteiger partial charge on any atom is 0.123 e. The molecule has 27 heavy (non-hydrogen) atoms. The molecule has 1 saturated heterocycles. The van der Waals surface area contributed by atoms with Gasteiger partial charge in [-0.15, -0.1) is 0 Å². The summed E-state index contributed by atoms with van der Waals surface area (Å²) in [5.41, 5.74) is 6.23. The molecule has 2 aromatic carbocycles. The lowest BCUT2D eigenvalue weighted by molar-refractivity contribution is 0.243. The van der Waals surface area contributed by atoms with Crippen LogP contribution in [-0.2, 0) is 6.42 Å². The highest BCUT2D eigenvalue weighted by Crippen LogP contribution is 2.43. The maximum atomic E-state index is 13.3. The van der Waals surface area contributed by atoms with Crippen molar-refractivity contribution in [2.75, 3.05) is 13.1 Å². The number of nitrogens with zero attached hydrogens (tertiary/aromatic N) is 2. The SMILES string of the molecule is CC(=Cn1c2c(c3cc(Cl)ccc31)C1CCCN1CC2)c1ccc(F)cc1. The number of hydrogen-bond donors (Lipinski definition) is 0. The van der Waals surface area contributed by atoms with Gasteiger partial charge in [0, 0.05) is 41.3 Å². The van der Waals surface area contributed by atoms with E-state index in [0.29, 0.717) is 6.04 Å². The zero-order chi connectivity index (χ0) is 18.5. The molecule has 5 rings (SSSR count). The number of hydrogen-bond acceptors (Lipinski definition) is 1. The van der Waals surface area contributed by atoms with E-state index in [1.807, 2.05) is 18.2 Å². The summed E-state index contributed by atoms with van der Waals surface area (Å²) in [6.07, 6.45) is 5.74. The van der Waals surface area contributed by atoms with Crippen molar-refractivity contribution in [1.82, 2.24) is 9.47 Å². The lowest BCUT2D eigenvalue weighted by Gasteiger charge is -2.30. The van der Waals surface area contributed by atoms with Crippen molar-refractivity contribution in [2.24, 2.45) is 0 Å². The van der Waals surface area contributed by atoms with Crippen molar-refractivity contribution in [3.8, 4) is 0 Å². The van der Waals surface area contributed by atoms with Gasteiger partial charge in [0.2, 0.25) is 0 Å². The predicted molar refractivity (Wildman–Crippen MR) is 110 cm³/mol. The summed E-state index contributed by atoms with van der Waals surface area (Å²) >= 11 is 6.36. The molecule has 0 N–H and O–H groups in total. The van der Waals surface area contributed by atoms with E-state index >= 15 is 0 Å². The number of aromatic nitrogens is 1. The van der Waals surface area contributed by atoms with Gasteiger partial charge in [0.05, 0.1) is 5.52 Å². The Hall–Kier alpha value is -2.10. The topological polar surface area (TPSA) is 8.17 Å². The third-order valence-electron chi connectivity index (χ3n) is 6.07. The van der Waals surface area contributed by atoms with Crippen molar-refractivity contribution in [3.05, 3.63) is 70.1 Å². The fourth-order valence-electron chi connectivity index (χ4n) is 4.79. The average molecular weight is 381 g/mol. The fourth-order valence-corrected chi connectivity index (χ4v) is 4.96. The van der Waals surface area contributed by atoms with Gasteiger partial charge in [-0.25, -0.2) is 4.39 Å². The van der Waals surface area contributed by atoms with Gasteiger partial charge in [-0.2, -0.15) is 0 Å². The lowest BCUT2D eigenvalue weighted by Crippen LogP contribution is -2.31. The van der Waals surface area contributed by atoms with Gasteiger partial charge in [-0.3, -0.25) is 4.90 Å². The van der Waals surface area contributed by atoms with Crippen LogP contribution < -0.4 is 0 Å². The molecule has 1 atom stereocenters. The quantitative estimate of drug-likeness (QED) is 0.518. The van der Waals surface area contributed by atoms with Crippen LogP contribution in [-0.4, -0.2) is 22.6 Å². The van der Waals surface area contributed by atoms with E-state index in [1.54, 1.807) is 0 Å². The van der Waals surface area contributed by atoms with E-state index in [9.17, 15) is 4.39 Å². The number of halogens is 2. The van der Waals surface area contributed by atoms with Crippen LogP contribution in [0.4, 0.5) is 4.39 Å². The summed E-state index contributed by atoms with van der Waals surface area (Å²) in [5.74, 6) is -0.202. The molecule has 2 aliphatic heterocycles. The highest BCUT2D eigenvalue weighted by atomic mass is 35.5. The largest absolute Gasteiger partial charge is 0.320 e. The Balaban J connectivity index is 1.71. The molecule has 1 aromatic heterocycles. The van der Waals surface area contributed by atoms with Crippen LogP contribution in [0.3, 0.4) is 0 Å². The molecular weight excluding hydrogens is 359 g/mol. The zero-order valence-electron chi connectivity index (χ0n) is 15.4. The Morgan fingerprint density at radius 2 is 1.96 bits per heavy atom. The van der Waals surface area contributed by atoms with Crippen LogP contribution in [0.25, 0.3) is 22.7 Å². The van der Waals surface area contributed by atoms with Crippen LogP contribution in [0.15, 0.2) is 42.5 Å². The summed E-state index contributed by atoms with van der Waals surface area (Å²) in [6, 6.07) is 13.5. The molecule has 138 valence electrons. The first kappa shape index (κ1) is 17.0. The normalized spacial score (nSPS) is 20.1. The first-order valence-electron chi connectivity index (χ1n) is 9.62. The first-order valence-corrected chi connectivity index (χ1v) is 10.0. The zero-order valence-corrected chi connectivity index (χ0v) is 16.1. The molecule has 2 aliphatic rings. The van der Waals surface area contributed by atoms with E-state index < -0.39 is 0 Å². The van der Waals surface area contributed by atoms with Gasteiger partial charge in [0.15, 0.2) is 0 Å². The Morgan fingerprint density at radius 1 is 1.15 bits per heavy atom. The van der Waals surface area contributed by atoms with Crippen LogP contribution >= 0.6 is 11.6 Å². The minimum Gasteiger partial charge on any atom is -0.320 e. The van der Waals surface area contributed by atoms with E-state index in [-0.39, 0.29) is 5.82 Å². The number of rotatable bonds is 2. The molecule has 3 aromatic rings. The Labute approximate surface area is 163 Å². The lowest BCUT2D eigenvalue weighted by atomic mass is 9.96. The molecule has 0 radical (unpaired) electrons. The van der Waals surface area contributed by atoms with Gasteiger partial charge in [0.25, 0.3) is 0 Å². The predicted octanol–water partition coefficient (Wildman–Crippen LogP) is 6.14. The van der Waals surface area contributed by atoms with E-state index in [2.05, 4.69) is 34.7 Å². The molecule has 0 bridgehead atoms. The number of allylic oxidation sites excluding steroid dienone is 1. The Kier molecular flexibility index (Phi) is 4.10. The summed E-state index contributed by atoms with van der Waals surface area (Å²) < 4.78 is 15.6. The number of fused-ring (bicyclic) bond motifs is 5. The smallest absolute Gasteiger partial charge is 0.123 e. The van der Waals surface area contributed by atoms with Crippen LogP contribution in [0, 0.1) is 5.82 Å². The van der Waals surface area contributed by atoms with Gasteiger partial charge < -0.3 is 4.57 Å². The molecule has 0 amide bonds. The molecule has 0 spiro atoms. The van der Waals surface area contributed by atoms with Crippen molar-refractivity contribution < 1.29 is 4.39 Å². The van der Waals surface area contributed by atoms with Crippen molar-refractivity contribution >= 4 is 34.3 Å². The molecule has 1 unspecified atom stereocenters. The van der Waals surface area contributed by atoms with E-state index in [0.717, 1.165) is 29.1 Å². The second-order valence-corrected chi connectivity index (χ2v) is 8.09. The summed E-state index contributed by atoms with van der Waals surface area (Å²) in [6.45, 7) is 4.40. The second-order valence-electron chi connectivity index (χ2n) is 7.65. The maximum absolute atomic E-state index is 13.3. The molecule has 2 nitrogen and oxygen atoms in total. The molecule has 1 fully saturated rings. The minimum absolute atomic E-state index is 0.202. The minimum atomic E-state index is -0.202. The summed E-state index contributed by atoms with van der Waals surface area (Å²) in [7, 11) is 0. The number of benzene rings is 2. The van der Waals surface area contributed by atoms with Crippen molar-refractivity contribution in [2.45, 2.75) is 32.2 Å². The van der Waals surface area contributed by atoms with Crippen LogP contribution in [0.5, 0.6) is 0 Å². The average Bonchev–Trinajstić information content (AvgIpc) is 3.25. The van der Waals surface area contributed by atoms with Gasteiger partial charge in [-0.1, -0.05) is 23.7 Å². The molecular formula is C23H22ClFN2. The van der Waals surface area contributed by atoms with E-state index in [1.165, 1.54) is 53.7 Å². The second kappa shape index (κ2) is 6.50. The molecule has 4 heteroatoms. The molecule has 0 aliphatic carbocycles. The van der Waals surface area contributed by atoms with E-state index in [4.69, 9.17) is 11.6 Å². The third kappa shape index (κ3) is 2.81. The fraction of sp³-hybridized carbons (Fsp3) is 0.304. The molecule has 0 saturated carbocycles. The highest BCUT2D eigenvalue weighted by molar-refractivity contribution is 6.31. The Morgan fingerprint density at radius 3 is 2.78 bits per heavy atom. The van der Waals surface area contributed by atoms with Crippen LogP contribution in [0.1, 0.15) is 42.6 Å². The molecule has 3 heterocycles. The summed E-state index contributed by atoms with van der Waals surface area (Å²) in [4.78, 5) is 2.61. The van der Waals surface area contributed by atoms with Gasteiger partial charge in [-0.05, 0) is 73.3 Å². The van der Waals surface area contributed by atoms with Crippen molar-refractivity contribution in [1.29, 1.82) is 0 Å². The third-order valence-corrected chi connectivity index (χ3v) is 6.30. The van der Waals surface area contributed by atoms with Gasteiger partial charge in [0.1, 0.15) is 5.82 Å². The standard InChI is InChI=1S/C23H22ClFN2/c1-15(16-4-7-18(25)8-5-16)14-27-20-9-6-17(24)13-19(20)23-21-3-2-11-26(21)12-10-22(23)27/h4-9,13-14,21H,2-3,10-12H2,1H3. The first-order chi connectivity index (χ1) is 13.1. The van der Waals surface area contributed by atoms with Crippen molar-refractivity contribution in [3.63, 3.8) is 0 Å². The summed E-state index contributed by atoms with van der Waals surface area (Å²) in [5, 5.41) is 2.06. The van der Waals surface area contributed by atoms with Gasteiger partial charge >= 0.3 is 0 Å². The monoisotopic (exact) mass is 380 g/mol.